The molecule has 0 spiro atoms. The number of benzene rings is 1. The van der Waals surface area contributed by atoms with Gasteiger partial charge in [-0.2, -0.15) is 0 Å². The summed E-state index contributed by atoms with van der Waals surface area (Å²) in [5.41, 5.74) is 6.84. The second-order valence-corrected chi connectivity index (χ2v) is 4.75. The molecule has 0 bridgehead atoms. The number of aliphatic hydroxyl groups excluding tert-OH is 1. The van der Waals surface area contributed by atoms with E-state index in [2.05, 4.69) is 0 Å². The van der Waals surface area contributed by atoms with Crippen molar-refractivity contribution in [2.24, 2.45) is 5.92 Å². The summed E-state index contributed by atoms with van der Waals surface area (Å²) in [6, 6.07) is 5.21. The maximum absolute atomic E-state index is 12.5. The van der Waals surface area contributed by atoms with Gasteiger partial charge in [0, 0.05) is 25.6 Å². The Labute approximate surface area is 113 Å². The van der Waals surface area contributed by atoms with E-state index in [-0.39, 0.29) is 18.4 Å². The van der Waals surface area contributed by atoms with Crippen molar-refractivity contribution < 1.29 is 14.6 Å². The van der Waals surface area contributed by atoms with E-state index in [0.29, 0.717) is 36.7 Å². The molecule has 0 radical (unpaired) electrons. The van der Waals surface area contributed by atoms with Crippen molar-refractivity contribution >= 4 is 11.6 Å². The van der Waals surface area contributed by atoms with Gasteiger partial charge in [-0.15, -0.1) is 0 Å². The van der Waals surface area contributed by atoms with Crippen LogP contribution in [-0.2, 0) is 0 Å². The third kappa shape index (κ3) is 2.81. The minimum absolute atomic E-state index is 0.0771. The van der Waals surface area contributed by atoms with Gasteiger partial charge in [0.1, 0.15) is 0 Å². The molecule has 0 aliphatic carbocycles. The van der Waals surface area contributed by atoms with Crippen molar-refractivity contribution in [2.45, 2.75) is 13.3 Å². The molecule has 1 unspecified atom stereocenters. The van der Waals surface area contributed by atoms with Crippen LogP contribution in [-0.4, -0.2) is 42.2 Å². The Hall–Kier alpha value is -1.75. The number of ether oxygens (including phenoxy) is 1. The van der Waals surface area contributed by atoms with Gasteiger partial charge in [-0.3, -0.25) is 4.79 Å². The summed E-state index contributed by atoms with van der Waals surface area (Å²) in [4.78, 5) is 14.2. The summed E-state index contributed by atoms with van der Waals surface area (Å²) in [6.07, 6.45) is 0.842. The van der Waals surface area contributed by atoms with Crippen molar-refractivity contribution in [3.63, 3.8) is 0 Å². The highest BCUT2D eigenvalue weighted by molar-refractivity contribution is 5.98. The quantitative estimate of drug-likeness (QED) is 0.799. The van der Waals surface area contributed by atoms with E-state index in [1.807, 2.05) is 6.92 Å². The maximum Gasteiger partial charge on any atom is 0.257 e. The molecule has 19 heavy (non-hydrogen) atoms. The molecule has 5 nitrogen and oxygen atoms in total. The number of anilines is 1. The van der Waals surface area contributed by atoms with E-state index in [4.69, 9.17) is 15.6 Å². The molecule has 1 fully saturated rings. The first-order chi connectivity index (χ1) is 9.17. The number of nitrogens with two attached hydrogens (primary N) is 1. The number of para-hydroxylation sites is 1. The van der Waals surface area contributed by atoms with Crippen molar-refractivity contribution in [3.05, 3.63) is 23.8 Å². The molecule has 1 aliphatic rings. The first kappa shape index (κ1) is 13.7. The summed E-state index contributed by atoms with van der Waals surface area (Å²) in [7, 11) is 0. The standard InChI is InChI=1S/C14H20N2O3/c1-2-19-13-11(4-3-5-12(13)15)14(18)16-7-6-10(8-16)9-17/h3-5,10,17H,2,6-9,15H2,1H3. The monoisotopic (exact) mass is 264 g/mol. The molecule has 1 aliphatic heterocycles. The third-order valence-corrected chi connectivity index (χ3v) is 3.40. The van der Waals surface area contributed by atoms with Crippen LogP contribution in [0.25, 0.3) is 0 Å². The van der Waals surface area contributed by atoms with E-state index in [1.54, 1.807) is 23.1 Å². The van der Waals surface area contributed by atoms with E-state index in [0.717, 1.165) is 6.42 Å². The van der Waals surface area contributed by atoms with Gasteiger partial charge in [0.05, 0.1) is 17.9 Å². The molecule has 1 aromatic carbocycles. The highest BCUT2D eigenvalue weighted by atomic mass is 16.5. The van der Waals surface area contributed by atoms with Crippen molar-refractivity contribution in [2.75, 3.05) is 32.0 Å². The smallest absolute Gasteiger partial charge is 0.257 e. The van der Waals surface area contributed by atoms with Crippen LogP contribution in [0, 0.1) is 5.92 Å². The average molecular weight is 264 g/mol. The first-order valence-corrected chi connectivity index (χ1v) is 6.58. The molecule has 2 rings (SSSR count). The zero-order valence-corrected chi connectivity index (χ0v) is 11.1. The fraction of sp³-hybridized carbons (Fsp3) is 0.500. The van der Waals surface area contributed by atoms with Crippen molar-refractivity contribution in [3.8, 4) is 5.75 Å². The normalized spacial score (nSPS) is 18.6. The number of amides is 1. The lowest BCUT2D eigenvalue weighted by molar-refractivity contribution is 0.0778. The summed E-state index contributed by atoms with van der Waals surface area (Å²) in [6.45, 7) is 3.71. The van der Waals surface area contributed by atoms with Crippen LogP contribution >= 0.6 is 0 Å². The fourth-order valence-electron chi connectivity index (χ4n) is 2.37. The number of hydrogen-bond acceptors (Lipinski definition) is 4. The molecule has 0 aromatic heterocycles. The second-order valence-electron chi connectivity index (χ2n) is 4.75. The summed E-state index contributed by atoms with van der Waals surface area (Å²) in [5.74, 6) is 0.565. The molecule has 1 heterocycles. The fourth-order valence-corrected chi connectivity index (χ4v) is 2.37. The van der Waals surface area contributed by atoms with Gasteiger partial charge in [0.2, 0.25) is 0 Å². The van der Waals surface area contributed by atoms with E-state index >= 15 is 0 Å². The highest BCUT2D eigenvalue weighted by Crippen LogP contribution is 2.29. The zero-order chi connectivity index (χ0) is 13.8. The minimum atomic E-state index is -0.0771. The molecule has 0 saturated carbocycles. The highest BCUT2D eigenvalue weighted by Gasteiger charge is 2.28. The Morgan fingerprint density at radius 3 is 3.00 bits per heavy atom. The summed E-state index contributed by atoms with van der Waals surface area (Å²) in [5, 5.41) is 9.14. The number of carbonyl (C=O) groups excluding carboxylic acids is 1. The molecule has 104 valence electrons. The third-order valence-electron chi connectivity index (χ3n) is 3.40. The van der Waals surface area contributed by atoms with Gasteiger partial charge in [0.15, 0.2) is 5.75 Å². The molecule has 5 heteroatoms. The SMILES string of the molecule is CCOc1c(N)cccc1C(=O)N1CCC(CO)C1. The van der Waals surface area contributed by atoms with Crippen LogP contribution in [0.3, 0.4) is 0 Å². The van der Waals surface area contributed by atoms with Crippen LogP contribution in [0.4, 0.5) is 5.69 Å². The van der Waals surface area contributed by atoms with E-state index < -0.39 is 0 Å². The Balaban J connectivity index is 2.22. The molecular weight excluding hydrogens is 244 g/mol. The predicted molar refractivity (Wildman–Crippen MR) is 73.1 cm³/mol. The number of hydrogen-bond donors (Lipinski definition) is 2. The van der Waals surface area contributed by atoms with Gasteiger partial charge in [-0.05, 0) is 25.5 Å². The second kappa shape index (κ2) is 5.93. The number of nitrogen functional groups attached to an aromatic ring is 1. The largest absolute Gasteiger partial charge is 0.491 e. The average Bonchev–Trinajstić information content (AvgIpc) is 2.89. The van der Waals surface area contributed by atoms with Crippen LogP contribution in [0.5, 0.6) is 5.75 Å². The molecule has 1 amide bonds. The Morgan fingerprint density at radius 2 is 2.37 bits per heavy atom. The Kier molecular flexibility index (Phi) is 4.27. The van der Waals surface area contributed by atoms with Crippen LogP contribution < -0.4 is 10.5 Å². The predicted octanol–water partition coefficient (Wildman–Crippen LogP) is 1.12. The number of aliphatic hydroxyl groups is 1. The van der Waals surface area contributed by atoms with Crippen molar-refractivity contribution in [1.29, 1.82) is 0 Å². The van der Waals surface area contributed by atoms with E-state index in [9.17, 15) is 4.79 Å². The van der Waals surface area contributed by atoms with Gasteiger partial charge in [-0.1, -0.05) is 6.07 Å². The summed E-state index contributed by atoms with van der Waals surface area (Å²) >= 11 is 0. The van der Waals surface area contributed by atoms with Gasteiger partial charge >= 0.3 is 0 Å². The molecular formula is C14H20N2O3. The zero-order valence-electron chi connectivity index (χ0n) is 11.1. The molecule has 1 aromatic rings. The molecule has 1 atom stereocenters. The Bertz CT molecular complexity index is 462. The van der Waals surface area contributed by atoms with E-state index in [1.165, 1.54) is 0 Å². The maximum atomic E-state index is 12.5. The lowest BCUT2D eigenvalue weighted by Crippen LogP contribution is -2.29. The Morgan fingerprint density at radius 1 is 1.58 bits per heavy atom. The molecule has 1 saturated heterocycles. The summed E-state index contributed by atoms with van der Waals surface area (Å²) < 4.78 is 5.48. The first-order valence-electron chi connectivity index (χ1n) is 6.58. The number of nitrogens with zero attached hydrogens (tertiary/aromatic N) is 1. The number of rotatable bonds is 4. The van der Waals surface area contributed by atoms with Crippen LogP contribution in [0.15, 0.2) is 18.2 Å². The number of likely N-dealkylation sites (tertiary alicyclic amines) is 1. The lowest BCUT2D eigenvalue weighted by atomic mass is 10.1. The minimum Gasteiger partial charge on any atom is -0.491 e. The van der Waals surface area contributed by atoms with Gasteiger partial charge in [-0.25, -0.2) is 0 Å². The van der Waals surface area contributed by atoms with Crippen molar-refractivity contribution in [1.82, 2.24) is 4.90 Å². The molecule has 3 N–H and O–H groups in total. The van der Waals surface area contributed by atoms with Gasteiger partial charge in [0.25, 0.3) is 5.91 Å². The topological polar surface area (TPSA) is 75.8 Å². The lowest BCUT2D eigenvalue weighted by Gasteiger charge is -2.19. The van der Waals surface area contributed by atoms with Gasteiger partial charge < -0.3 is 20.5 Å². The van der Waals surface area contributed by atoms with Crippen LogP contribution in [0.1, 0.15) is 23.7 Å². The number of carbonyl (C=O) groups is 1. The van der Waals surface area contributed by atoms with Crippen LogP contribution in [0.2, 0.25) is 0 Å².